The van der Waals surface area contributed by atoms with Gasteiger partial charge in [-0.15, -0.1) is 0 Å². The third-order valence-corrected chi connectivity index (χ3v) is 5.33. The van der Waals surface area contributed by atoms with Crippen molar-refractivity contribution >= 4 is 15.9 Å². The summed E-state index contributed by atoms with van der Waals surface area (Å²) in [6.07, 6.45) is 2.23. The van der Waals surface area contributed by atoms with E-state index < -0.39 is 15.6 Å². The van der Waals surface area contributed by atoms with E-state index in [0.29, 0.717) is 19.4 Å². The van der Waals surface area contributed by atoms with Crippen LogP contribution in [-0.2, 0) is 21.4 Å². The van der Waals surface area contributed by atoms with E-state index >= 15 is 0 Å². The lowest BCUT2D eigenvalue weighted by molar-refractivity contribution is -0.119. The number of benzene rings is 1. The highest BCUT2D eigenvalue weighted by Gasteiger charge is 2.40. The Hall–Kier alpha value is -1.44. The van der Waals surface area contributed by atoms with Gasteiger partial charge in [-0.3, -0.25) is 4.79 Å². The fourth-order valence-corrected chi connectivity index (χ4v) is 3.70. The average Bonchev–Trinajstić information content (AvgIpc) is 2.41. The first-order valence-corrected chi connectivity index (χ1v) is 8.33. The van der Waals surface area contributed by atoms with Gasteiger partial charge in [-0.2, -0.15) is 0 Å². The fourth-order valence-electron chi connectivity index (χ4n) is 2.25. The van der Waals surface area contributed by atoms with Gasteiger partial charge in [0, 0.05) is 13.5 Å². The number of sulfonamides is 1. The molecule has 0 unspecified atom stereocenters. The van der Waals surface area contributed by atoms with E-state index in [1.807, 2.05) is 0 Å². The van der Waals surface area contributed by atoms with Crippen LogP contribution >= 0.6 is 0 Å². The third kappa shape index (κ3) is 3.81. The van der Waals surface area contributed by atoms with E-state index in [-0.39, 0.29) is 17.4 Å². The minimum atomic E-state index is -3.64. The van der Waals surface area contributed by atoms with Crippen LogP contribution in [0.15, 0.2) is 29.2 Å². The molecule has 0 atom stereocenters. The largest absolute Gasteiger partial charge is 0.394 e. The zero-order valence-electron chi connectivity index (χ0n) is 11.9. The molecule has 1 aromatic carbocycles. The number of hydrogen-bond donors (Lipinski definition) is 3. The minimum absolute atomic E-state index is 0.136. The van der Waals surface area contributed by atoms with Crippen LogP contribution in [0.5, 0.6) is 0 Å². The van der Waals surface area contributed by atoms with Gasteiger partial charge in [-0.1, -0.05) is 12.1 Å². The number of aliphatic hydroxyl groups excluding tert-OH is 1. The maximum atomic E-state index is 12.3. The van der Waals surface area contributed by atoms with Gasteiger partial charge in [0.25, 0.3) is 0 Å². The number of amides is 1. The van der Waals surface area contributed by atoms with Crippen molar-refractivity contribution in [1.82, 2.24) is 10.0 Å². The first-order valence-electron chi connectivity index (χ1n) is 6.85. The molecule has 7 heteroatoms. The minimum Gasteiger partial charge on any atom is -0.394 e. The number of nitrogens with one attached hydrogen (secondary N) is 2. The highest BCUT2D eigenvalue weighted by molar-refractivity contribution is 7.89. The van der Waals surface area contributed by atoms with Crippen LogP contribution in [0.25, 0.3) is 0 Å². The molecule has 1 aliphatic rings. The Balaban J connectivity index is 2.08. The zero-order valence-corrected chi connectivity index (χ0v) is 12.7. The summed E-state index contributed by atoms with van der Waals surface area (Å²) in [6, 6.07) is 6.33. The molecule has 0 radical (unpaired) electrons. The van der Waals surface area contributed by atoms with Crippen LogP contribution < -0.4 is 10.0 Å². The van der Waals surface area contributed by atoms with E-state index in [0.717, 1.165) is 12.0 Å². The third-order valence-electron chi connectivity index (χ3n) is 3.74. The van der Waals surface area contributed by atoms with Crippen molar-refractivity contribution in [1.29, 1.82) is 0 Å². The SMILES string of the molecule is CC(=O)NCc1ccc(S(=O)(=O)NC2(CO)CCC2)cc1. The highest BCUT2D eigenvalue weighted by Crippen LogP contribution is 2.32. The van der Waals surface area contributed by atoms with Gasteiger partial charge in [0.05, 0.1) is 17.0 Å². The van der Waals surface area contributed by atoms with E-state index in [1.165, 1.54) is 19.1 Å². The van der Waals surface area contributed by atoms with E-state index in [4.69, 9.17) is 0 Å². The van der Waals surface area contributed by atoms with Gasteiger partial charge in [0.2, 0.25) is 15.9 Å². The topological polar surface area (TPSA) is 95.5 Å². The summed E-state index contributed by atoms with van der Waals surface area (Å²) in [7, 11) is -3.64. The van der Waals surface area contributed by atoms with Gasteiger partial charge < -0.3 is 10.4 Å². The lowest BCUT2D eigenvalue weighted by Crippen LogP contribution is -2.55. The Labute approximate surface area is 124 Å². The quantitative estimate of drug-likeness (QED) is 0.713. The molecule has 0 bridgehead atoms. The molecule has 1 aromatic rings. The van der Waals surface area contributed by atoms with Crippen molar-refractivity contribution in [3.63, 3.8) is 0 Å². The molecule has 0 saturated heterocycles. The second kappa shape index (κ2) is 6.13. The van der Waals surface area contributed by atoms with Crippen LogP contribution in [0.4, 0.5) is 0 Å². The molecular formula is C14H20N2O4S. The number of carbonyl (C=O) groups is 1. The maximum absolute atomic E-state index is 12.3. The molecule has 0 aliphatic heterocycles. The van der Waals surface area contributed by atoms with Crippen LogP contribution in [-0.4, -0.2) is 31.6 Å². The smallest absolute Gasteiger partial charge is 0.241 e. The molecule has 2 rings (SSSR count). The normalized spacial score (nSPS) is 17.0. The predicted octanol–water partition coefficient (Wildman–Crippen LogP) is 0.516. The molecule has 1 aliphatic carbocycles. The van der Waals surface area contributed by atoms with Crippen molar-refractivity contribution in [3.8, 4) is 0 Å². The Morgan fingerprint density at radius 2 is 1.90 bits per heavy atom. The Morgan fingerprint density at radius 3 is 2.33 bits per heavy atom. The predicted molar refractivity (Wildman–Crippen MR) is 78.0 cm³/mol. The molecule has 3 N–H and O–H groups in total. The van der Waals surface area contributed by atoms with Crippen LogP contribution in [0.1, 0.15) is 31.7 Å². The summed E-state index contributed by atoms with van der Waals surface area (Å²) < 4.78 is 27.2. The highest BCUT2D eigenvalue weighted by atomic mass is 32.2. The molecule has 116 valence electrons. The Morgan fingerprint density at radius 1 is 1.29 bits per heavy atom. The second-order valence-electron chi connectivity index (χ2n) is 5.45. The molecule has 0 heterocycles. The number of aliphatic hydroxyl groups is 1. The lowest BCUT2D eigenvalue weighted by Gasteiger charge is -2.40. The van der Waals surface area contributed by atoms with E-state index in [1.54, 1.807) is 12.1 Å². The molecule has 0 aromatic heterocycles. The number of carbonyl (C=O) groups excluding carboxylic acids is 1. The van der Waals surface area contributed by atoms with Crippen molar-refractivity contribution < 1.29 is 18.3 Å². The van der Waals surface area contributed by atoms with Gasteiger partial charge >= 0.3 is 0 Å². The number of hydrogen-bond acceptors (Lipinski definition) is 4. The Kier molecular flexibility index (Phi) is 4.65. The molecule has 21 heavy (non-hydrogen) atoms. The summed E-state index contributed by atoms with van der Waals surface area (Å²) in [5, 5.41) is 12.0. The van der Waals surface area contributed by atoms with Crippen LogP contribution in [0, 0.1) is 0 Å². The summed E-state index contributed by atoms with van der Waals surface area (Å²) in [5.74, 6) is -0.136. The average molecular weight is 312 g/mol. The fraction of sp³-hybridized carbons (Fsp3) is 0.500. The number of rotatable bonds is 6. The molecular weight excluding hydrogens is 292 g/mol. The van der Waals surface area contributed by atoms with Crippen molar-refractivity contribution in [3.05, 3.63) is 29.8 Å². The molecule has 0 spiro atoms. The molecule has 1 saturated carbocycles. The summed E-state index contributed by atoms with van der Waals surface area (Å²) in [5.41, 5.74) is 0.123. The zero-order chi connectivity index (χ0) is 15.5. The molecule has 6 nitrogen and oxygen atoms in total. The van der Waals surface area contributed by atoms with Crippen molar-refractivity contribution in [2.24, 2.45) is 0 Å². The summed E-state index contributed by atoms with van der Waals surface area (Å²) >= 11 is 0. The van der Waals surface area contributed by atoms with Gasteiger partial charge in [0.1, 0.15) is 0 Å². The van der Waals surface area contributed by atoms with E-state index in [9.17, 15) is 18.3 Å². The first-order chi connectivity index (χ1) is 9.87. The summed E-state index contributed by atoms with van der Waals surface area (Å²) in [6.45, 7) is 1.60. The van der Waals surface area contributed by atoms with Crippen LogP contribution in [0.2, 0.25) is 0 Å². The lowest BCUT2D eigenvalue weighted by atomic mass is 9.78. The first kappa shape index (κ1) is 15.9. The van der Waals surface area contributed by atoms with Crippen molar-refractivity contribution in [2.45, 2.75) is 43.2 Å². The summed E-state index contributed by atoms with van der Waals surface area (Å²) in [4.78, 5) is 11.0. The standard InChI is InChI=1S/C14H20N2O4S/c1-11(18)15-9-12-3-5-13(6-4-12)21(19,20)16-14(10-17)7-2-8-14/h3-6,16-17H,2,7-10H2,1H3,(H,15,18). The van der Waals surface area contributed by atoms with Crippen LogP contribution in [0.3, 0.4) is 0 Å². The second-order valence-corrected chi connectivity index (χ2v) is 7.13. The molecule has 1 amide bonds. The maximum Gasteiger partial charge on any atom is 0.241 e. The molecule has 1 fully saturated rings. The van der Waals surface area contributed by atoms with Gasteiger partial charge in [-0.05, 0) is 37.0 Å². The monoisotopic (exact) mass is 312 g/mol. The van der Waals surface area contributed by atoms with E-state index in [2.05, 4.69) is 10.0 Å². The van der Waals surface area contributed by atoms with Gasteiger partial charge in [0.15, 0.2) is 0 Å². The van der Waals surface area contributed by atoms with Crippen molar-refractivity contribution in [2.75, 3.05) is 6.61 Å². The Bertz CT molecular complexity index is 601. The van der Waals surface area contributed by atoms with Gasteiger partial charge in [-0.25, -0.2) is 13.1 Å².